The van der Waals surface area contributed by atoms with Crippen LogP contribution in [-0.2, 0) is 10.3 Å². The van der Waals surface area contributed by atoms with E-state index in [9.17, 15) is 4.79 Å². The molecule has 0 saturated carbocycles. The molecule has 2 aliphatic heterocycles. The van der Waals surface area contributed by atoms with Gasteiger partial charge in [-0.3, -0.25) is 10.0 Å². The van der Waals surface area contributed by atoms with E-state index in [1.165, 1.54) is 0 Å². The van der Waals surface area contributed by atoms with Crippen LogP contribution in [0.1, 0.15) is 34.0 Å². The summed E-state index contributed by atoms with van der Waals surface area (Å²) in [5.74, 6) is 1.06. The van der Waals surface area contributed by atoms with Crippen LogP contribution in [0.2, 0.25) is 0 Å². The fourth-order valence-electron chi connectivity index (χ4n) is 5.12. The fraction of sp³-hybridized carbons (Fsp3) is 0.138. The van der Waals surface area contributed by atoms with E-state index in [2.05, 4.69) is 35.1 Å². The zero-order valence-corrected chi connectivity index (χ0v) is 19.1. The van der Waals surface area contributed by atoms with Crippen LogP contribution < -0.4 is 14.8 Å². The van der Waals surface area contributed by atoms with Crippen molar-refractivity contribution in [3.05, 3.63) is 119 Å². The number of anilines is 2. The topological polar surface area (TPSA) is 42.0 Å². The minimum Gasteiger partial charge on any atom is -0.456 e. The zero-order valence-electron chi connectivity index (χ0n) is 19.1. The molecule has 0 N–H and O–H groups in total. The summed E-state index contributed by atoms with van der Waals surface area (Å²) < 4.78 is 12.6. The molecular formula is C29H24N2O3. The van der Waals surface area contributed by atoms with Crippen LogP contribution in [0.5, 0.6) is 11.5 Å². The first-order valence-corrected chi connectivity index (χ1v) is 11.4. The lowest BCUT2D eigenvalue weighted by Gasteiger charge is -2.39. The van der Waals surface area contributed by atoms with Crippen LogP contribution >= 0.6 is 0 Å². The number of benzene rings is 4. The van der Waals surface area contributed by atoms with E-state index >= 15 is 0 Å². The molecule has 2 aliphatic rings. The Bertz CT molecular complexity index is 1400. The maximum Gasteiger partial charge on any atom is 0.340 e. The molecule has 0 fully saturated rings. The number of hydrogen-bond donors (Lipinski definition) is 0. The van der Waals surface area contributed by atoms with E-state index < -0.39 is 5.60 Å². The highest BCUT2D eigenvalue weighted by Crippen LogP contribution is 2.56. The predicted octanol–water partition coefficient (Wildman–Crippen LogP) is 6.13. The molecule has 0 saturated heterocycles. The molecule has 1 spiro atoms. The molecule has 1 unspecified atom stereocenters. The highest BCUT2D eigenvalue weighted by atomic mass is 16.6. The summed E-state index contributed by atoms with van der Waals surface area (Å²) in [6.07, 6.45) is 0. The molecule has 2 heterocycles. The summed E-state index contributed by atoms with van der Waals surface area (Å²) >= 11 is 0. The minimum absolute atomic E-state index is 0.323. The van der Waals surface area contributed by atoms with E-state index in [1.807, 2.05) is 85.9 Å². The summed E-state index contributed by atoms with van der Waals surface area (Å²) in [6.45, 7) is 2.91. The van der Waals surface area contributed by atoms with Crippen molar-refractivity contribution in [1.82, 2.24) is 0 Å². The summed E-state index contributed by atoms with van der Waals surface area (Å²) in [5.41, 5.74) is 4.08. The van der Waals surface area contributed by atoms with Gasteiger partial charge in [0.1, 0.15) is 11.5 Å². The SMILES string of the molecule is CCN(c1ccccc1)N(C)c1ccc2c(c1)C1(OC(=O)c3ccccc31)c1ccccc1O2. The number of para-hydroxylation sites is 2. The Balaban J connectivity index is 1.54. The van der Waals surface area contributed by atoms with Gasteiger partial charge in [0.15, 0.2) is 5.60 Å². The normalized spacial score (nSPS) is 17.3. The largest absolute Gasteiger partial charge is 0.456 e. The van der Waals surface area contributed by atoms with Gasteiger partial charge in [-0.05, 0) is 49.4 Å². The fourth-order valence-corrected chi connectivity index (χ4v) is 5.12. The van der Waals surface area contributed by atoms with Crippen LogP contribution in [-0.4, -0.2) is 19.6 Å². The lowest BCUT2D eigenvalue weighted by atomic mass is 9.77. The van der Waals surface area contributed by atoms with Crippen molar-refractivity contribution in [3.8, 4) is 11.5 Å². The first-order chi connectivity index (χ1) is 16.6. The van der Waals surface area contributed by atoms with Crippen LogP contribution in [0.15, 0.2) is 97.1 Å². The van der Waals surface area contributed by atoms with Gasteiger partial charge < -0.3 is 9.47 Å². The summed E-state index contributed by atoms with van der Waals surface area (Å²) in [7, 11) is 2.04. The molecule has 0 amide bonds. The Labute approximate surface area is 198 Å². The van der Waals surface area contributed by atoms with Crippen molar-refractivity contribution < 1.29 is 14.3 Å². The third-order valence-electron chi connectivity index (χ3n) is 6.69. The molecule has 4 aromatic carbocycles. The van der Waals surface area contributed by atoms with Crippen LogP contribution in [0.25, 0.3) is 0 Å². The molecule has 0 radical (unpaired) electrons. The Morgan fingerprint density at radius 3 is 2.21 bits per heavy atom. The number of nitrogens with zero attached hydrogens (tertiary/aromatic N) is 2. The van der Waals surface area contributed by atoms with Gasteiger partial charge in [-0.1, -0.05) is 54.6 Å². The van der Waals surface area contributed by atoms with Crippen molar-refractivity contribution in [3.63, 3.8) is 0 Å². The second-order valence-electron chi connectivity index (χ2n) is 8.47. The van der Waals surface area contributed by atoms with E-state index in [1.54, 1.807) is 0 Å². The summed E-state index contributed by atoms with van der Waals surface area (Å²) in [4.78, 5) is 13.0. The van der Waals surface area contributed by atoms with Gasteiger partial charge in [-0.2, -0.15) is 0 Å². The number of ether oxygens (including phenoxy) is 2. The average molecular weight is 449 g/mol. The first kappa shape index (κ1) is 20.4. The third-order valence-corrected chi connectivity index (χ3v) is 6.69. The van der Waals surface area contributed by atoms with Crippen molar-refractivity contribution in [2.24, 2.45) is 0 Å². The number of carbonyl (C=O) groups excluding carboxylic acids is 1. The van der Waals surface area contributed by atoms with Gasteiger partial charge in [0, 0.05) is 30.3 Å². The quantitative estimate of drug-likeness (QED) is 0.277. The Hall–Kier alpha value is -4.25. The second-order valence-corrected chi connectivity index (χ2v) is 8.47. The maximum absolute atomic E-state index is 13.0. The van der Waals surface area contributed by atoms with Crippen molar-refractivity contribution in [2.45, 2.75) is 12.5 Å². The first-order valence-electron chi connectivity index (χ1n) is 11.4. The monoisotopic (exact) mass is 448 g/mol. The van der Waals surface area contributed by atoms with E-state index in [4.69, 9.17) is 9.47 Å². The number of hydrogen-bond acceptors (Lipinski definition) is 5. The molecule has 4 aromatic rings. The molecule has 6 rings (SSSR count). The van der Waals surface area contributed by atoms with Crippen LogP contribution in [0.4, 0.5) is 11.4 Å². The van der Waals surface area contributed by atoms with Crippen molar-refractivity contribution >= 4 is 17.3 Å². The Morgan fingerprint density at radius 1 is 0.735 bits per heavy atom. The lowest BCUT2D eigenvalue weighted by Crippen LogP contribution is -2.40. The van der Waals surface area contributed by atoms with Gasteiger partial charge in [-0.15, -0.1) is 0 Å². The highest BCUT2D eigenvalue weighted by Gasteiger charge is 2.53. The maximum atomic E-state index is 13.0. The van der Waals surface area contributed by atoms with E-state index in [0.29, 0.717) is 17.1 Å². The van der Waals surface area contributed by atoms with Gasteiger partial charge >= 0.3 is 5.97 Å². The van der Waals surface area contributed by atoms with Crippen molar-refractivity contribution in [2.75, 3.05) is 23.6 Å². The van der Waals surface area contributed by atoms with Crippen molar-refractivity contribution in [1.29, 1.82) is 0 Å². The molecule has 0 aliphatic carbocycles. The summed E-state index contributed by atoms with van der Waals surface area (Å²) in [6, 6.07) is 31.8. The molecule has 1 atom stereocenters. The standard InChI is InChI=1S/C29H24N2O3/c1-3-31(20-11-5-4-6-12-20)30(2)21-17-18-27-25(19-21)29(24-15-9-10-16-26(24)33-27)23-14-8-7-13-22(23)28(32)34-29/h4-19H,3H2,1-2H3. The average Bonchev–Trinajstić information content (AvgIpc) is 3.18. The number of rotatable bonds is 4. The number of esters is 1. The van der Waals surface area contributed by atoms with Gasteiger partial charge in [0.2, 0.25) is 0 Å². The second kappa shape index (κ2) is 7.66. The number of fused-ring (bicyclic) bond motifs is 6. The van der Waals surface area contributed by atoms with E-state index in [-0.39, 0.29) is 5.97 Å². The van der Waals surface area contributed by atoms with Gasteiger partial charge in [-0.25, -0.2) is 4.79 Å². The van der Waals surface area contributed by atoms with E-state index in [0.717, 1.165) is 34.6 Å². The zero-order chi connectivity index (χ0) is 23.3. The molecule has 5 nitrogen and oxygen atoms in total. The summed E-state index contributed by atoms with van der Waals surface area (Å²) in [5, 5.41) is 4.31. The van der Waals surface area contributed by atoms with Crippen LogP contribution in [0, 0.1) is 0 Å². The Kier molecular flexibility index (Phi) is 4.59. The smallest absolute Gasteiger partial charge is 0.340 e. The molecule has 168 valence electrons. The molecule has 0 aromatic heterocycles. The molecule has 0 bridgehead atoms. The third kappa shape index (κ3) is 2.83. The molecule has 34 heavy (non-hydrogen) atoms. The lowest BCUT2D eigenvalue weighted by molar-refractivity contribution is 0.0224. The molecular weight excluding hydrogens is 424 g/mol. The minimum atomic E-state index is -1.06. The Morgan fingerprint density at radius 2 is 1.41 bits per heavy atom. The van der Waals surface area contributed by atoms with Gasteiger partial charge in [0.25, 0.3) is 0 Å². The van der Waals surface area contributed by atoms with Crippen LogP contribution in [0.3, 0.4) is 0 Å². The number of carbonyl (C=O) groups is 1. The van der Waals surface area contributed by atoms with Gasteiger partial charge in [0.05, 0.1) is 16.9 Å². The highest BCUT2D eigenvalue weighted by molar-refractivity contribution is 5.97. The molecule has 5 heteroatoms. The predicted molar refractivity (Wildman–Crippen MR) is 133 cm³/mol. The number of hydrazine groups is 1.